The highest BCUT2D eigenvalue weighted by atomic mass is 19.4. The maximum absolute atomic E-state index is 13.1. The normalized spacial score (nSPS) is 22.0. The third-order valence-electron chi connectivity index (χ3n) is 4.89. The van der Waals surface area contributed by atoms with Crippen LogP contribution in [0.2, 0.25) is 0 Å². The van der Waals surface area contributed by atoms with Crippen LogP contribution in [0.4, 0.5) is 22.0 Å². The van der Waals surface area contributed by atoms with Crippen LogP contribution in [-0.4, -0.2) is 23.8 Å². The predicted molar refractivity (Wildman–Crippen MR) is 87.6 cm³/mol. The van der Waals surface area contributed by atoms with Gasteiger partial charge in [0.2, 0.25) is 0 Å². The van der Waals surface area contributed by atoms with E-state index in [9.17, 15) is 26.7 Å². The van der Waals surface area contributed by atoms with E-state index in [0.717, 1.165) is 6.07 Å². The molecule has 1 heterocycles. The molecule has 0 radical (unpaired) electrons. The molecule has 2 aromatic rings. The molecule has 1 saturated carbocycles. The number of halogens is 5. The molecule has 1 aliphatic heterocycles. The largest absolute Gasteiger partial charge is 0.488 e. The van der Waals surface area contributed by atoms with Crippen molar-refractivity contribution in [1.29, 1.82) is 0 Å². The molecule has 3 unspecified atom stereocenters. The molecule has 29 heavy (non-hydrogen) atoms. The second-order valence-corrected chi connectivity index (χ2v) is 6.76. The smallest absolute Gasteiger partial charge is 0.416 e. The lowest BCUT2D eigenvalue weighted by molar-refractivity contribution is -0.139. The number of aryl methyl sites for hydroxylation is 1. The van der Waals surface area contributed by atoms with Gasteiger partial charge in [0.15, 0.2) is 11.5 Å². The molecule has 10 heteroatoms. The lowest BCUT2D eigenvalue weighted by Crippen LogP contribution is -2.10. The quantitative estimate of drug-likeness (QED) is 0.698. The van der Waals surface area contributed by atoms with Gasteiger partial charge in [0, 0.05) is 17.5 Å². The summed E-state index contributed by atoms with van der Waals surface area (Å²) in [5.41, 5.74) is -0.655. The Hall–Kier alpha value is -3.04. The fraction of sp³-hybridized carbons (Fsp3) is 0.316. The van der Waals surface area contributed by atoms with Gasteiger partial charge in [0.1, 0.15) is 23.5 Å². The first-order valence-electron chi connectivity index (χ1n) is 8.44. The van der Waals surface area contributed by atoms with Gasteiger partial charge in [0.25, 0.3) is 0 Å². The van der Waals surface area contributed by atoms with Crippen LogP contribution in [0.1, 0.15) is 22.6 Å². The zero-order valence-electron chi connectivity index (χ0n) is 14.7. The molecule has 0 bridgehead atoms. The third-order valence-corrected chi connectivity index (χ3v) is 4.89. The van der Waals surface area contributed by atoms with Gasteiger partial charge >= 0.3 is 18.8 Å². The highest BCUT2D eigenvalue weighted by molar-refractivity contribution is 5.79. The number of carbonyl (C=O) groups is 1. The summed E-state index contributed by atoms with van der Waals surface area (Å²) in [6.45, 7) is -2.17. The molecule has 2 aromatic carbocycles. The summed E-state index contributed by atoms with van der Waals surface area (Å²) in [7, 11) is 0. The van der Waals surface area contributed by atoms with Crippen molar-refractivity contribution < 1.29 is 46.1 Å². The number of fused-ring (bicyclic) bond motifs is 3. The fourth-order valence-corrected chi connectivity index (χ4v) is 3.56. The van der Waals surface area contributed by atoms with Gasteiger partial charge < -0.3 is 19.3 Å². The van der Waals surface area contributed by atoms with Crippen molar-refractivity contribution >= 4 is 5.97 Å². The van der Waals surface area contributed by atoms with E-state index in [2.05, 4.69) is 4.74 Å². The molecule has 0 aromatic heterocycles. The van der Waals surface area contributed by atoms with Crippen LogP contribution in [0, 0.1) is 12.8 Å². The van der Waals surface area contributed by atoms with E-state index >= 15 is 0 Å². The number of carboxylic acid groups (broad SMARTS) is 1. The van der Waals surface area contributed by atoms with Crippen molar-refractivity contribution in [2.24, 2.45) is 5.92 Å². The second-order valence-electron chi connectivity index (χ2n) is 6.76. The van der Waals surface area contributed by atoms with Crippen LogP contribution in [-0.2, 0) is 11.0 Å². The molecule has 1 aliphatic carbocycles. The Kier molecular flexibility index (Phi) is 4.32. The van der Waals surface area contributed by atoms with Gasteiger partial charge in [0.05, 0.1) is 5.56 Å². The number of hydrogen-bond donors (Lipinski definition) is 1. The zero-order chi connectivity index (χ0) is 21.1. The van der Waals surface area contributed by atoms with Gasteiger partial charge in [-0.05, 0) is 30.7 Å². The minimum absolute atomic E-state index is 0.121. The molecule has 1 N–H and O–H groups in total. The summed E-state index contributed by atoms with van der Waals surface area (Å²) in [5.74, 6) is -2.40. The zero-order valence-corrected chi connectivity index (χ0v) is 14.7. The van der Waals surface area contributed by atoms with Crippen molar-refractivity contribution in [3.05, 3.63) is 47.0 Å². The highest BCUT2D eigenvalue weighted by Gasteiger charge is 2.63. The van der Waals surface area contributed by atoms with Crippen LogP contribution in [0.3, 0.4) is 0 Å². The SMILES string of the molecule is Cc1cc(Oc2ccc3c(c2)OC2C(C(=O)O)C32)c(OC(F)F)cc1C(F)(F)F. The first-order valence-corrected chi connectivity index (χ1v) is 8.44. The summed E-state index contributed by atoms with van der Waals surface area (Å²) in [4.78, 5) is 11.1. The number of rotatable bonds is 5. The maximum atomic E-state index is 13.1. The van der Waals surface area contributed by atoms with Gasteiger partial charge in [-0.25, -0.2) is 0 Å². The van der Waals surface area contributed by atoms with Gasteiger partial charge in [-0.2, -0.15) is 22.0 Å². The summed E-state index contributed by atoms with van der Waals surface area (Å²) in [5, 5.41) is 9.08. The summed E-state index contributed by atoms with van der Waals surface area (Å²) < 4.78 is 79.8. The average molecular weight is 416 g/mol. The summed E-state index contributed by atoms with van der Waals surface area (Å²) in [6, 6.07) is 5.91. The van der Waals surface area contributed by atoms with Gasteiger partial charge in [-0.3, -0.25) is 4.79 Å². The number of alkyl halides is 5. The lowest BCUT2D eigenvalue weighted by atomic mass is 10.1. The average Bonchev–Trinajstić information content (AvgIpc) is 3.19. The molecule has 0 spiro atoms. The van der Waals surface area contributed by atoms with E-state index in [0.29, 0.717) is 17.4 Å². The Morgan fingerprint density at radius 2 is 1.90 bits per heavy atom. The fourth-order valence-electron chi connectivity index (χ4n) is 3.56. The molecule has 154 valence electrons. The van der Waals surface area contributed by atoms with E-state index < -0.39 is 42.1 Å². The number of ether oxygens (including phenoxy) is 3. The standard InChI is InChI=1S/C19H13F5O5/c1-7-4-12(13(29-18(20)21)6-10(7)19(22,23)24)27-8-2-3-9-11(5-8)28-16-14(9)15(16)17(25)26/h2-6,14-16,18H,1H3,(H,25,26). The molecule has 2 aliphatic rings. The minimum Gasteiger partial charge on any atom is -0.488 e. The van der Waals surface area contributed by atoms with E-state index in [4.69, 9.17) is 14.6 Å². The van der Waals surface area contributed by atoms with Crippen LogP contribution in [0.15, 0.2) is 30.3 Å². The van der Waals surface area contributed by atoms with E-state index in [1.807, 2.05) is 0 Å². The molecule has 3 atom stereocenters. The molecular weight excluding hydrogens is 403 g/mol. The Morgan fingerprint density at radius 1 is 1.17 bits per heavy atom. The van der Waals surface area contributed by atoms with E-state index in [-0.39, 0.29) is 23.0 Å². The number of aliphatic carboxylic acids is 1. The lowest BCUT2D eigenvalue weighted by Gasteiger charge is -2.17. The van der Waals surface area contributed by atoms with Crippen molar-refractivity contribution in [2.45, 2.75) is 31.7 Å². The molecule has 0 saturated heterocycles. The minimum atomic E-state index is -4.74. The number of benzene rings is 2. The van der Waals surface area contributed by atoms with Crippen molar-refractivity contribution in [3.63, 3.8) is 0 Å². The Bertz CT molecular complexity index is 988. The van der Waals surface area contributed by atoms with Crippen molar-refractivity contribution in [2.75, 3.05) is 0 Å². The van der Waals surface area contributed by atoms with Crippen molar-refractivity contribution in [3.8, 4) is 23.0 Å². The summed E-state index contributed by atoms with van der Waals surface area (Å²) >= 11 is 0. The highest BCUT2D eigenvalue weighted by Crippen LogP contribution is 2.59. The van der Waals surface area contributed by atoms with Crippen LogP contribution >= 0.6 is 0 Å². The Balaban J connectivity index is 1.63. The summed E-state index contributed by atoms with van der Waals surface area (Å²) in [6.07, 6.45) is -5.21. The number of hydrogen-bond acceptors (Lipinski definition) is 4. The van der Waals surface area contributed by atoms with Crippen LogP contribution < -0.4 is 14.2 Å². The number of carboxylic acids is 1. The molecule has 5 nitrogen and oxygen atoms in total. The van der Waals surface area contributed by atoms with E-state index in [1.165, 1.54) is 19.1 Å². The third kappa shape index (κ3) is 3.43. The monoisotopic (exact) mass is 416 g/mol. The Labute approximate surface area is 160 Å². The van der Waals surface area contributed by atoms with Gasteiger partial charge in [-0.15, -0.1) is 0 Å². The second kappa shape index (κ2) is 6.50. The first kappa shape index (κ1) is 19.3. The molecule has 0 amide bonds. The topological polar surface area (TPSA) is 65.0 Å². The predicted octanol–water partition coefficient (Wildman–Crippen LogP) is 4.97. The maximum Gasteiger partial charge on any atom is 0.416 e. The van der Waals surface area contributed by atoms with Gasteiger partial charge in [-0.1, -0.05) is 6.07 Å². The van der Waals surface area contributed by atoms with Crippen LogP contribution in [0.25, 0.3) is 0 Å². The molecular formula is C19H13F5O5. The Morgan fingerprint density at radius 3 is 2.52 bits per heavy atom. The van der Waals surface area contributed by atoms with E-state index in [1.54, 1.807) is 6.07 Å². The molecule has 4 rings (SSSR count). The van der Waals surface area contributed by atoms with Crippen molar-refractivity contribution in [1.82, 2.24) is 0 Å². The first-order chi connectivity index (χ1) is 13.6. The van der Waals surface area contributed by atoms with Crippen LogP contribution in [0.5, 0.6) is 23.0 Å². The molecule has 1 fully saturated rings.